The lowest BCUT2D eigenvalue weighted by atomic mass is 9.90. The molecule has 8 heteroatoms. The van der Waals surface area contributed by atoms with Gasteiger partial charge in [0, 0.05) is 6.42 Å². The summed E-state index contributed by atoms with van der Waals surface area (Å²) in [5, 5.41) is 11.9. The summed E-state index contributed by atoms with van der Waals surface area (Å²) in [6, 6.07) is -2.13. The minimum Gasteiger partial charge on any atom is -0.480 e. The van der Waals surface area contributed by atoms with Gasteiger partial charge in [-0.15, -0.1) is 0 Å². The van der Waals surface area contributed by atoms with Gasteiger partial charge in [0.1, 0.15) is 12.3 Å². The molecule has 1 amide bonds. The van der Waals surface area contributed by atoms with Crippen molar-refractivity contribution in [2.24, 2.45) is 17.4 Å². The quantitative estimate of drug-likeness (QED) is 0.101. The number of Topliss-reactive ketones (excluding diaryl/α,β-unsaturated/α-hetero) is 1. The topological polar surface area (TPSA) is 153 Å². The molecule has 0 aromatic carbocycles. The van der Waals surface area contributed by atoms with Gasteiger partial charge in [0.15, 0.2) is 5.78 Å². The van der Waals surface area contributed by atoms with Crippen LogP contribution < -0.4 is 16.8 Å². The van der Waals surface area contributed by atoms with Crippen LogP contribution in [0.25, 0.3) is 0 Å². The zero-order valence-corrected chi connectivity index (χ0v) is 20.6. The molecular weight excluding hydrogens is 422 g/mol. The van der Waals surface area contributed by atoms with Crippen LogP contribution in [0.2, 0.25) is 0 Å². The molecule has 0 saturated carbocycles. The largest absolute Gasteiger partial charge is 0.480 e. The molecule has 0 aliphatic heterocycles. The molecule has 0 aromatic heterocycles. The Morgan fingerprint density at radius 1 is 0.879 bits per heavy atom. The van der Waals surface area contributed by atoms with Gasteiger partial charge in [0.2, 0.25) is 5.91 Å². The molecule has 0 aliphatic rings. The van der Waals surface area contributed by atoms with E-state index in [0.717, 1.165) is 25.7 Å². The summed E-state index contributed by atoms with van der Waals surface area (Å²) < 4.78 is 0. The Labute approximate surface area is 199 Å². The summed E-state index contributed by atoms with van der Waals surface area (Å²) in [4.78, 5) is 47.6. The highest BCUT2D eigenvalue weighted by Gasteiger charge is 2.30. The minimum absolute atomic E-state index is 0.235. The molecule has 192 valence electrons. The van der Waals surface area contributed by atoms with Crippen molar-refractivity contribution in [2.75, 3.05) is 6.54 Å². The fraction of sp³-hybridized carbons (Fsp3) is 0.840. The predicted molar refractivity (Wildman–Crippen MR) is 131 cm³/mol. The van der Waals surface area contributed by atoms with Crippen LogP contribution in [-0.4, -0.2) is 47.7 Å². The van der Waals surface area contributed by atoms with Gasteiger partial charge in [-0.25, -0.2) is 4.79 Å². The van der Waals surface area contributed by atoms with Crippen LogP contribution in [0.1, 0.15) is 110 Å². The fourth-order valence-electron chi connectivity index (χ4n) is 3.86. The van der Waals surface area contributed by atoms with E-state index in [1.54, 1.807) is 0 Å². The van der Waals surface area contributed by atoms with E-state index >= 15 is 0 Å². The van der Waals surface area contributed by atoms with Crippen LogP contribution in [0.4, 0.5) is 0 Å². The number of carboxylic acids is 1. The number of hydrogen-bond donors (Lipinski definition) is 4. The van der Waals surface area contributed by atoms with Crippen LogP contribution in [0.5, 0.6) is 0 Å². The van der Waals surface area contributed by atoms with Crippen molar-refractivity contribution in [3.8, 4) is 0 Å². The predicted octanol–water partition coefficient (Wildman–Crippen LogP) is 3.49. The SMILES string of the molecule is CCCCCCCCCCCCCC(=O)N[C@@H](CC(C=O)C(=O)[C@@H](N)CCCCN)C(=O)O. The molecule has 0 aliphatic carbocycles. The molecule has 0 radical (unpaired) electrons. The Kier molecular flexibility index (Phi) is 19.6. The van der Waals surface area contributed by atoms with Crippen molar-refractivity contribution < 1.29 is 24.3 Å². The second-order valence-corrected chi connectivity index (χ2v) is 9.02. The first-order valence-corrected chi connectivity index (χ1v) is 12.8. The Hall–Kier alpha value is -1.80. The van der Waals surface area contributed by atoms with Crippen molar-refractivity contribution >= 4 is 23.9 Å². The number of rotatable bonds is 23. The zero-order valence-electron chi connectivity index (χ0n) is 20.6. The highest BCUT2D eigenvalue weighted by Crippen LogP contribution is 2.14. The van der Waals surface area contributed by atoms with Gasteiger partial charge < -0.3 is 26.7 Å². The Bertz CT molecular complexity index is 556. The van der Waals surface area contributed by atoms with Gasteiger partial charge in [0.25, 0.3) is 0 Å². The van der Waals surface area contributed by atoms with Gasteiger partial charge in [-0.05, 0) is 32.2 Å². The summed E-state index contributed by atoms with van der Waals surface area (Å²) >= 11 is 0. The number of nitrogens with two attached hydrogens (primary N) is 2. The molecule has 0 rings (SSSR count). The van der Waals surface area contributed by atoms with Crippen molar-refractivity contribution in [3.63, 3.8) is 0 Å². The minimum atomic E-state index is -1.29. The second-order valence-electron chi connectivity index (χ2n) is 9.02. The number of carbonyl (C=O) groups is 4. The third-order valence-electron chi connectivity index (χ3n) is 5.99. The number of nitrogens with one attached hydrogen (secondary N) is 1. The Balaban J connectivity index is 4.20. The molecular formula is C25H47N3O5. The molecule has 1 unspecified atom stereocenters. The molecule has 0 heterocycles. The number of unbranched alkanes of at least 4 members (excludes halogenated alkanes) is 11. The maximum absolute atomic E-state index is 12.4. The van der Waals surface area contributed by atoms with Gasteiger partial charge >= 0.3 is 5.97 Å². The van der Waals surface area contributed by atoms with Gasteiger partial charge in [-0.3, -0.25) is 9.59 Å². The first-order valence-electron chi connectivity index (χ1n) is 12.8. The van der Waals surface area contributed by atoms with E-state index in [2.05, 4.69) is 12.2 Å². The maximum atomic E-state index is 12.4. The number of aliphatic carboxylic acids is 1. The molecule has 3 atom stereocenters. The number of hydrogen-bond acceptors (Lipinski definition) is 6. The molecule has 0 aromatic rings. The van der Waals surface area contributed by atoms with Crippen LogP contribution in [-0.2, 0) is 19.2 Å². The first kappa shape index (κ1) is 31.2. The van der Waals surface area contributed by atoms with Gasteiger partial charge in [0.05, 0.1) is 12.0 Å². The maximum Gasteiger partial charge on any atom is 0.326 e. The van der Waals surface area contributed by atoms with Crippen LogP contribution in [0.15, 0.2) is 0 Å². The molecule has 0 bridgehead atoms. The first-order chi connectivity index (χ1) is 15.9. The lowest BCUT2D eigenvalue weighted by molar-refractivity contribution is -0.143. The summed E-state index contributed by atoms with van der Waals surface area (Å²) in [5.74, 6) is -3.28. The van der Waals surface area contributed by atoms with Crippen molar-refractivity contribution in [2.45, 2.75) is 122 Å². The van der Waals surface area contributed by atoms with Crippen LogP contribution in [0, 0.1) is 5.92 Å². The zero-order chi connectivity index (χ0) is 24.9. The normalized spacial score (nSPS) is 13.8. The van der Waals surface area contributed by atoms with Crippen LogP contribution >= 0.6 is 0 Å². The van der Waals surface area contributed by atoms with Crippen LogP contribution in [0.3, 0.4) is 0 Å². The van der Waals surface area contributed by atoms with Crippen molar-refractivity contribution in [3.05, 3.63) is 0 Å². The summed E-state index contributed by atoms with van der Waals surface area (Å²) in [6.45, 7) is 2.71. The average molecular weight is 470 g/mol. The van der Waals surface area contributed by atoms with Crippen molar-refractivity contribution in [1.29, 1.82) is 0 Å². The smallest absolute Gasteiger partial charge is 0.326 e. The third-order valence-corrected chi connectivity index (χ3v) is 5.99. The van der Waals surface area contributed by atoms with E-state index in [9.17, 15) is 24.3 Å². The Morgan fingerprint density at radius 2 is 1.42 bits per heavy atom. The Morgan fingerprint density at radius 3 is 1.91 bits per heavy atom. The molecule has 0 fully saturated rings. The standard InChI is InChI=1S/C25H47N3O5/c1-2-3-4-5-6-7-8-9-10-11-12-16-23(30)28-22(25(32)33)18-20(19-29)24(31)21(27)15-13-14-17-26/h19-22H,2-18,26-27H2,1H3,(H,28,30)(H,32,33)/t20?,21-,22-/m0/s1. The lowest BCUT2D eigenvalue weighted by Gasteiger charge is -2.20. The molecule has 33 heavy (non-hydrogen) atoms. The number of carbonyl (C=O) groups excluding carboxylic acids is 3. The van der Waals surface area contributed by atoms with E-state index in [-0.39, 0.29) is 18.7 Å². The van der Waals surface area contributed by atoms with E-state index < -0.39 is 29.8 Å². The molecule has 0 spiro atoms. The highest BCUT2D eigenvalue weighted by atomic mass is 16.4. The van der Waals surface area contributed by atoms with Crippen molar-refractivity contribution in [1.82, 2.24) is 5.32 Å². The molecule has 6 N–H and O–H groups in total. The number of amides is 1. The third kappa shape index (κ3) is 16.5. The summed E-state index contributed by atoms with van der Waals surface area (Å²) in [6.07, 6.45) is 15.0. The second kappa shape index (κ2) is 20.8. The monoisotopic (exact) mass is 469 g/mol. The number of ketones is 1. The molecule has 0 saturated heterocycles. The van der Waals surface area contributed by atoms with E-state index in [1.807, 2.05) is 0 Å². The molecule has 8 nitrogen and oxygen atoms in total. The number of carboxylic acid groups (broad SMARTS) is 1. The van der Waals surface area contributed by atoms with Gasteiger partial charge in [-0.1, -0.05) is 77.6 Å². The van der Waals surface area contributed by atoms with E-state index in [0.29, 0.717) is 32.1 Å². The summed E-state index contributed by atoms with van der Waals surface area (Å²) in [5.41, 5.74) is 11.3. The number of aldehydes is 1. The fourth-order valence-corrected chi connectivity index (χ4v) is 3.86. The highest BCUT2D eigenvalue weighted by molar-refractivity contribution is 5.97. The van der Waals surface area contributed by atoms with Gasteiger partial charge in [-0.2, -0.15) is 0 Å². The average Bonchev–Trinajstić information content (AvgIpc) is 2.79. The van der Waals surface area contributed by atoms with E-state index in [4.69, 9.17) is 11.5 Å². The summed E-state index contributed by atoms with van der Waals surface area (Å²) in [7, 11) is 0. The van der Waals surface area contributed by atoms with E-state index in [1.165, 1.54) is 44.9 Å². The lowest BCUT2D eigenvalue weighted by Crippen LogP contribution is -2.45.